The van der Waals surface area contributed by atoms with Crippen LogP contribution in [0.2, 0.25) is 0 Å². The number of hydrogen-bond donors (Lipinski definition) is 4. The second-order valence-corrected chi connectivity index (χ2v) is 12.7. The van der Waals surface area contributed by atoms with Gasteiger partial charge in [-0.1, -0.05) is 40.5 Å². The van der Waals surface area contributed by atoms with Gasteiger partial charge in [-0.3, -0.25) is 4.79 Å². The van der Waals surface area contributed by atoms with Gasteiger partial charge < -0.3 is 20.4 Å². The zero-order valence-electron chi connectivity index (χ0n) is 20.5. The molecule has 184 valence electrons. The first kappa shape index (κ1) is 24.5. The van der Waals surface area contributed by atoms with Crippen LogP contribution in [0.25, 0.3) is 0 Å². The van der Waals surface area contributed by atoms with E-state index in [1.54, 1.807) is 6.92 Å². The number of aliphatic hydroxyl groups is 3. The second-order valence-electron chi connectivity index (χ2n) is 12.7. The Morgan fingerprint density at radius 1 is 0.969 bits per heavy atom. The van der Waals surface area contributed by atoms with Crippen molar-refractivity contribution in [2.24, 2.45) is 52.3 Å². The van der Waals surface area contributed by atoms with Gasteiger partial charge in [0, 0.05) is 0 Å². The van der Waals surface area contributed by atoms with Crippen molar-refractivity contribution in [3.8, 4) is 0 Å². The van der Waals surface area contributed by atoms with Gasteiger partial charge in [-0.2, -0.15) is 0 Å². The summed E-state index contributed by atoms with van der Waals surface area (Å²) in [5.41, 5.74) is -0.0561. The lowest BCUT2D eigenvalue weighted by Crippen LogP contribution is -2.62. The molecule has 0 spiro atoms. The average molecular weight is 451 g/mol. The molecule has 0 amide bonds. The standard InChI is InChI=1S/C27H46O5/c1-15(6-5-7-16(2)25(31)32)19-8-9-20-24-21(14-23(30)27(19,20)4)26(3)11-10-18(28)12-17(26)13-22(24)29/h15-24,28-30H,5-14H2,1-4H3,(H,31,32)/t15-,16+,17+,18+,19+,20-,21-,22+,23-,24-,26-,27+/m0/s1. The molecule has 4 N–H and O–H groups in total. The molecule has 12 atom stereocenters. The molecule has 5 nitrogen and oxygen atoms in total. The molecule has 4 aliphatic rings. The van der Waals surface area contributed by atoms with Gasteiger partial charge in [0.05, 0.1) is 24.2 Å². The molecular weight excluding hydrogens is 404 g/mol. The van der Waals surface area contributed by atoms with Crippen LogP contribution in [0.4, 0.5) is 0 Å². The molecule has 0 bridgehead atoms. The molecule has 0 radical (unpaired) electrons. The highest BCUT2D eigenvalue weighted by Crippen LogP contribution is 2.68. The van der Waals surface area contributed by atoms with E-state index in [1.807, 2.05) is 0 Å². The predicted octanol–water partition coefficient (Wildman–Crippen LogP) is 4.47. The predicted molar refractivity (Wildman–Crippen MR) is 124 cm³/mol. The zero-order chi connectivity index (χ0) is 23.4. The summed E-state index contributed by atoms with van der Waals surface area (Å²) in [5, 5.41) is 42.4. The van der Waals surface area contributed by atoms with Gasteiger partial charge in [0.2, 0.25) is 0 Å². The van der Waals surface area contributed by atoms with Crippen molar-refractivity contribution in [2.45, 2.75) is 110 Å². The van der Waals surface area contributed by atoms with Crippen molar-refractivity contribution in [1.29, 1.82) is 0 Å². The van der Waals surface area contributed by atoms with E-state index in [0.29, 0.717) is 36.0 Å². The van der Waals surface area contributed by atoms with Gasteiger partial charge in [-0.15, -0.1) is 0 Å². The van der Waals surface area contributed by atoms with Crippen molar-refractivity contribution >= 4 is 5.97 Å². The first-order valence-corrected chi connectivity index (χ1v) is 13.3. The molecule has 0 saturated heterocycles. The van der Waals surface area contributed by atoms with Gasteiger partial charge in [0.1, 0.15) is 0 Å². The van der Waals surface area contributed by atoms with E-state index in [0.717, 1.165) is 57.8 Å². The van der Waals surface area contributed by atoms with Crippen LogP contribution in [0.3, 0.4) is 0 Å². The topological polar surface area (TPSA) is 98.0 Å². The van der Waals surface area contributed by atoms with Crippen LogP contribution in [0.1, 0.15) is 91.9 Å². The monoisotopic (exact) mass is 450 g/mol. The fraction of sp³-hybridized carbons (Fsp3) is 0.963. The van der Waals surface area contributed by atoms with E-state index in [9.17, 15) is 25.2 Å². The molecule has 4 saturated carbocycles. The molecule has 0 aromatic heterocycles. The Morgan fingerprint density at radius 2 is 1.69 bits per heavy atom. The minimum absolute atomic E-state index is 0.113. The summed E-state index contributed by atoms with van der Waals surface area (Å²) in [5.74, 6) is 1.16. The Labute approximate surface area is 194 Å². The maximum atomic E-state index is 11.6. The summed E-state index contributed by atoms with van der Waals surface area (Å²) in [7, 11) is 0. The number of hydrogen-bond acceptors (Lipinski definition) is 4. The number of carboxylic acids is 1. The van der Waals surface area contributed by atoms with Gasteiger partial charge >= 0.3 is 5.97 Å². The van der Waals surface area contributed by atoms with Crippen molar-refractivity contribution in [3.05, 3.63) is 0 Å². The summed E-state index contributed by atoms with van der Waals surface area (Å²) in [6, 6.07) is 0. The second kappa shape index (κ2) is 8.85. The third-order valence-corrected chi connectivity index (χ3v) is 11.2. The Balaban J connectivity index is 1.51. The van der Waals surface area contributed by atoms with Crippen LogP contribution < -0.4 is 0 Å². The Bertz CT molecular complexity index is 696. The van der Waals surface area contributed by atoms with Crippen LogP contribution in [0.5, 0.6) is 0 Å². The number of rotatable bonds is 6. The third-order valence-electron chi connectivity index (χ3n) is 11.2. The SMILES string of the molecule is C[C@H](CCC[C@H](C)[C@H]1CC[C@H]2[C@@H]3[C@H](O)C[C@H]4C[C@H](O)CC[C@]4(C)[C@H]3C[C@H](O)[C@]12C)C(=O)O. The quantitative estimate of drug-likeness (QED) is 0.478. The van der Waals surface area contributed by atoms with E-state index in [4.69, 9.17) is 0 Å². The van der Waals surface area contributed by atoms with Crippen LogP contribution >= 0.6 is 0 Å². The Hall–Kier alpha value is -0.650. The van der Waals surface area contributed by atoms with Crippen molar-refractivity contribution in [1.82, 2.24) is 0 Å². The van der Waals surface area contributed by atoms with E-state index in [2.05, 4.69) is 20.8 Å². The maximum Gasteiger partial charge on any atom is 0.306 e. The molecule has 0 heterocycles. The number of aliphatic carboxylic acids is 1. The lowest BCUT2D eigenvalue weighted by molar-refractivity contribution is -0.207. The summed E-state index contributed by atoms with van der Waals surface area (Å²) < 4.78 is 0. The lowest BCUT2D eigenvalue weighted by Gasteiger charge is -2.63. The number of carboxylic acid groups (broad SMARTS) is 1. The first-order valence-electron chi connectivity index (χ1n) is 13.3. The number of carbonyl (C=O) groups is 1. The molecule has 4 aliphatic carbocycles. The lowest BCUT2D eigenvalue weighted by atomic mass is 9.43. The summed E-state index contributed by atoms with van der Waals surface area (Å²) in [4.78, 5) is 11.2. The van der Waals surface area contributed by atoms with E-state index < -0.39 is 5.97 Å². The summed E-state index contributed by atoms with van der Waals surface area (Å²) in [6.45, 7) is 8.74. The average Bonchev–Trinajstić information content (AvgIpc) is 3.08. The smallest absolute Gasteiger partial charge is 0.306 e. The van der Waals surface area contributed by atoms with Gasteiger partial charge in [0.25, 0.3) is 0 Å². The summed E-state index contributed by atoms with van der Waals surface area (Å²) >= 11 is 0. The van der Waals surface area contributed by atoms with E-state index in [-0.39, 0.29) is 41.0 Å². The molecule has 0 aromatic carbocycles. The highest BCUT2D eigenvalue weighted by molar-refractivity contribution is 5.69. The van der Waals surface area contributed by atoms with Crippen molar-refractivity contribution in [2.75, 3.05) is 0 Å². The van der Waals surface area contributed by atoms with Crippen LogP contribution in [0, 0.1) is 52.3 Å². The molecule has 0 aromatic rings. The third kappa shape index (κ3) is 3.84. The molecule has 5 heteroatoms. The largest absolute Gasteiger partial charge is 0.481 e. The Kier molecular flexibility index (Phi) is 6.77. The Morgan fingerprint density at radius 3 is 2.38 bits per heavy atom. The molecule has 0 aliphatic heterocycles. The van der Waals surface area contributed by atoms with Gasteiger partial charge in [-0.25, -0.2) is 0 Å². The zero-order valence-corrected chi connectivity index (χ0v) is 20.5. The van der Waals surface area contributed by atoms with Crippen molar-refractivity contribution in [3.63, 3.8) is 0 Å². The van der Waals surface area contributed by atoms with Crippen LogP contribution in [-0.2, 0) is 4.79 Å². The minimum atomic E-state index is -0.715. The fourth-order valence-corrected chi connectivity index (χ4v) is 9.20. The van der Waals surface area contributed by atoms with E-state index >= 15 is 0 Å². The molecule has 4 fully saturated rings. The number of fused-ring (bicyclic) bond motifs is 5. The van der Waals surface area contributed by atoms with Crippen molar-refractivity contribution < 1.29 is 25.2 Å². The highest BCUT2D eigenvalue weighted by atomic mass is 16.4. The normalized spacial score (nSPS) is 50.1. The summed E-state index contributed by atoms with van der Waals surface area (Å²) in [6.07, 6.45) is 8.11. The van der Waals surface area contributed by atoms with Crippen LogP contribution in [0.15, 0.2) is 0 Å². The minimum Gasteiger partial charge on any atom is -0.481 e. The molecular formula is C27H46O5. The molecule has 0 unspecified atom stereocenters. The van der Waals surface area contributed by atoms with E-state index in [1.165, 1.54) is 0 Å². The highest BCUT2D eigenvalue weighted by Gasteiger charge is 2.65. The first-order chi connectivity index (χ1) is 15.0. The molecule has 4 rings (SSSR count). The van der Waals surface area contributed by atoms with Gasteiger partial charge in [0.15, 0.2) is 0 Å². The fourth-order valence-electron chi connectivity index (χ4n) is 9.20. The molecule has 32 heavy (non-hydrogen) atoms. The van der Waals surface area contributed by atoms with Gasteiger partial charge in [-0.05, 0) is 97.7 Å². The number of aliphatic hydroxyl groups excluding tert-OH is 3. The maximum absolute atomic E-state index is 11.6. The van der Waals surface area contributed by atoms with Crippen LogP contribution in [-0.4, -0.2) is 44.7 Å².